The van der Waals surface area contributed by atoms with E-state index in [-0.39, 0.29) is 17.9 Å². The zero-order valence-electron chi connectivity index (χ0n) is 11.0. The van der Waals surface area contributed by atoms with Gasteiger partial charge < -0.3 is 15.4 Å². The van der Waals surface area contributed by atoms with Gasteiger partial charge in [0.2, 0.25) is 5.91 Å². The smallest absolute Gasteiger partial charge is 0.226 e. The molecule has 2 unspecified atom stereocenters. The minimum absolute atomic E-state index is 0.0586. The number of nitrogens with one attached hydrogen (secondary N) is 2. The second-order valence-electron chi connectivity index (χ2n) is 5.31. The number of benzene rings is 1. The van der Waals surface area contributed by atoms with Crippen LogP contribution in [0.2, 0.25) is 0 Å². The van der Waals surface area contributed by atoms with E-state index in [1.165, 1.54) is 0 Å². The Kier molecular flexibility index (Phi) is 3.80. The monoisotopic (exact) mass is 260 g/mol. The second-order valence-corrected chi connectivity index (χ2v) is 5.31. The Balaban J connectivity index is 1.71. The molecule has 2 aliphatic heterocycles. The van der Waals surface area contributed by atoms with Crippen LogP contribution in [0.25, 0.3) is 0 Å². The third-order valence-corrected chi connectivity index (χ3v) is 3.92. The molecule has 3 rings (SSSR count). The predicted molar refractivity (Wildman–Crippen MR) is 72.7 cm³/mol. The third kappa shape index (κ3) is 2.80. The second kappa shape index (κ2) is 5.72. The number of hydrogen-bond acceptors (Lipinski definition) is 3. The molecule has 2 fully saturated rings. The quantitative estimate of drug-likeness (QED) is 0.860. The lowest BCUT2D eigenvalue weighted by atomic mass is 9.88. The summed E-state index contributed by atoms with van der Waals surface area (Å²) in [5, 5.41) is 6.27. The predicted octanol–water partition coefficient (Wildman–Crippen LogP) is 1.24. The summed E-state index contributed by atoms with van der Waals surface area (Å²) in [5.74, 6) is 0.0804. The van der Waals surface area contributed by atoms with Crippen molar-refractivity contribution < 1.29 is 9.53 Å². The summed E-state index contributed by atoms with van der Waals surface area (Å²) in [4.78, 5) is 12.4. The summed E-state index contributed by atoms with van der Waals surface area (Å²) in [6, 6.07) is 10.4. The van der Waals surface area contributed by atoms with Crippen LogP contribution >= 0.6 is 0 Å². The van der Waals surface area contributed by atoms with E-state index in [1.54, 1.807) is 0 Å². The summed E-state index contributed by atoms with van der Waals surface area (Å²) in [5.41, 5.74) is 1.11. The van der Waals surface area contributed by atoms with Gasteiger partial charge in [-0.1, -0.05) is 30.3 Å². The SMILES string of the molecule is O=C(NC1CNC1)C1CCCOC1c1ccccc1. The first kappa shape index (κ1) is 12.6. The zero-order chi connectivity index (χ0) is 13.1. The molecule has 1 amide bonds. The van der Waals surface area contributed by atoms with E-state index in [4.69, 9.17) is 4.74 Å². The van der Waals surface area contributed by atoms with E-state index < -0.39 is 0 Å². The van der Waals surface area contributed by atoms with E-state index in [0.29, 0.717) is 6.04 Å². The number of rotatable bonds is 3. The van der Waals surface area contributed by atoms with Crippen LogP contribution in [-0.4, -0.2) is 31.6 Å². The number of carbonyl (C=O) groups excluding carboxylic acids is 1. The van der Waals surface area contributed by atoms with Crippen LogP contribution in [0.4, 0.5) is 0 Å². The van der Waals surface area contributed by atoms with E-state index in [2.05, 4.69) is 10.6 Å². The van der Waals surface area contributed by atoms with Crippen molar-refractivity contribution in [3.63, 3.8) is 0 Å². The van der Waals surface area contributed by atoms with Gasteiger partial charge in [0.1, 0.15) is 0 Å². The number of ether oxygens (including phenoxy) is 1. The molecule has 0 saturated carbocycles. The Bertz CT molecular complexity index is 431. The van der Waals surface area contributed by atoms with E-state index in [9.17, 15) is 4.79 Å². The van der Waals surface area contributed by atoms with Gasteiger partial charge in [0.05, 0.1) is 18.1 Å². The molecule has 4 nitrogen and oxygen atoms in total. The van der Waals surface area contributed by atoms with Gasteiger partial charge in [-0.15, -0.1) is 0 Å². The topological polar surface area (TPSA) is 50.4 Å². The van der Waals surface area contributed by atoms with Crippen LogP contribution < -0.4 is 10.6 Å². The molecule has 2 aliphatic rings. The zero-order valence-corrected chi connectivity index (χ0v) is 11.0. The molecule has 2 saturated heterocycles. The van der Waals surface area contributed by atoms with Crippen molar-refractivity contribution in [3.8, 4) is 0 Å². The van der Waals surface area contributed by atoms with Crippen LogP contribution in [0.15, 0.2) is 30.3 Å². The molecular weight excluding hydrogens is 240 g/mol. The highest BCUT2D eigenvalue weighted by atomic mass is 16.5. The molecule has 0 bridgehead atoms. The molecule has 19 heavy (non-hydrogen) atoms. The third-order valence-electron chi connectivity index (χ3n) is 3.92. The summed E-state index contributed by atoms with van der Waals surface area (Å²) < 4.78 is 5.85. The van der Waals surface area contributed by atoms with E-state index in [1.807, 2.05) is 30.3 Å². The fourth-order valence-electron chi connectivity index (χ4n) is 2.72. The lowest BCUT2D eigenvalue weighted by molar-refractivity contribution is -0.135. The van der Waals surface area contributed by atoms with Crippen molar-refractivity contribution >= 4 is 5.91 Å². The molecule has 2 N–H and O–H groups in total. The molecule has 0 spiro atoms. The molecule has 2 heterocycles. The maximum absolute atomic E-state index is 12.4. The maximum atomic E-state index is 12.4. The minimum Gasteiger partial charge on any atom is -0.373 e. The molecule has 4 heteroatoms. The molecule has 102 valence electrons. The maximum Gasteiger partial charge on any atom is 0.226 e. The van der Waals surface area contributed by atoms with Crippen LogP contribution in [0.5, 0.6) is 0 Å². The first-order chi connectivity index (χ1) is 9.34. The molecule has 0 aromatic heterocycles. The normalized spacial score (nSPS) is 27.6. The Hall–Kier alpha value is -1.39. The molecule has 2 atom stereocenters. The molecule has 0 radical (unpaired) electrons. The Morgan fingerprint density at radius 2 is 2.05 bits per heavy atom. The standard InChI is InChI=1S/C15H20N2O2/c18-15(17-12-9-16-10-12)13-7-4-8-19-14(13)11-5-2-1-3-6-11/h1-3,5-6,12-14,16H,4,7-10H2,(H,17,18). The van der Waals surface area contributed by atoms with Crippen LogP contribution in [0.1, 0.15) is 24.5 Å². The van der Waals surface area contributed by atoms with Gasteiger partial charge in [-0.2, -0.15) is 0 Å². The summed E-state index contributed by atoms with van der Waals surface area (Å²) in [6.07, 6.45) is 1.78. The van der Waals surface area contributed by atoms with Crippen molar-refractivity contribution in [2.45, 2.75) is 25.0 Å². The fourth-order valence-corrected chi connectivity index (χ4v) is 2.72. The van der Waals surface area contributed by atoms with Crippen LogP contribution in [-0.2, 0) is 9.53 Å². The lowest BCUT2D eigenvalue weighted by Crippen LogP contribution is -2.58. The van der Waals surface area contributed by atoms with Crippen molar-refractivity contribution in [1.82, 2.24) is 10.6 Å². The average Bonchev–Trinajstić information content (AvgIpc) is 2.43. The Morgan fingerprint density at radius 1 is 1.26 bits per heavy atom. The Morgan fingerprint density at radius 3 is 2.74 bits per heavy atom. The lowest BCUT2D eigenvalue weighted by Gasteiger charge is -2.34. The van der Waals surface area contributed by atoms with Gasteiger partial charge in [-0.3, -0.25) is 4.79 Å². The van der Waals surface area contributed by atoms with Crippen LogP contribution in [0.3, 0.4) is 0 Å². The molecule has 0 aliphatic carbocycles. The molecule has 1 aromatic carbocycles. The highest BCUT2D eigenvalue weighted by molar-refractivity contribution is 5.80. The van der Waals surface area contributed by atoms with Gasteiger partial charge in [0.15, 0.2) is 0 Å². The van der Waals surface area contributed by atoms with Crippen molar-refractivity contribution in [2.75, 3.05) is 19.7 Å². The number of carbonyl (C=O) groups is 1. The largest absolute Gasteiger partial charge is 0.373 e. The Labute approximate surface area is 113 Å². The van der Waals surface area contributed by atoms with Crippen molar-refractivity contribution in [2.24, 2.45) is 5.92 Å². The molecular formula is C15H20N2O2. The highest BCUT2D eigenvalue weighted by Crippen LogP contribution is 2.33. The number of hydrogen-bond donors (Lipinski definition) is 2. The van der Waals surface area contributed by atoms with E-state index in [0.717, 1.165) is 38.1 Å². The molecule has 1 aromatic rings. The van der Waals surface area contributed by atoms with E-state index >= 15 is 0 Å². The van der Waals surface area contributed by atoms with Gasteiger partial charge >= 0.3 is 0 Å². The van der Waals surface area contributed by atoms with Gasteiger partial charge in [0.25, 0.3) is 0 Å². The summed E-state index contributed by atoms with van der Waals surface area (Å²) in [7, 11) is 0. The first-order valence-electron chi connectivity index (χ1n) is 7.02. The summed E-state index contributed by atoms with van der Waals surface area (Å²) >= 11 is 0. The fraction of sp³-hybridized carbons (Fsp3) is 0.533. The summed E-state index contributed by atoms with van der Waals surface area (Å²) in [6.45, 7) is 2.51. The van der Waals surface area contributed by atoms with Crippen molar-refractivity contribution in [3.05, 3.63) is 35.9 Å². The number of amides is 1. The minimum atomic E-state index is -0.0945. The van der Waals surface area contributed by atoms with Gasteiger partial charge in [-0.05, 0) is 18.4 Å². The van der Waals surface area contributed by atoms with Gasteiger partial charge in [0, 0.05) is 19.7 Å². The van der Waals surface area contributed by atoms with Crippen molar-refractivity contribution in [1.29, 1.82) is 0 Å². The highest BCUT2D eigenvalue weighted by Gasteiger charge is 2.34. The van der Waals surface area contributed by atoms with Gasteiger partial charge in [-0.25, -0.2) is 0 Å². The first-order valence-corrected chi connectivity index (χ1v) is 7.02. The van der Waals surface area contributed by atoms with Crippen LogP contribution in [0, 0.1) is 5.92 Å². The average molecular weight is 260 g/mol.